The Morgan fingerprint density at radius 3 is 2.19 bits per heavy atom. The van der Waals surface area contributed by atoms with Gasteiger partial charge in [-0.1, -0.05) is 42.5 Å². The molecule has 0 amide bonds. The predicted molar refractivity (Wildman–Crippen MR) is 85.6 cm³/mol. The minimum Gasteiger partial charge on any atom is -0.493 e. The third kappa shape index (κ3) is 3.43. The Morgan fingerprint density at radius 2 is 1.62 bits per heavy atom. The summed E-state index contributed by atoms with van der Waals surface area (Å²) in [6.45, 7) is 0.650. The first-order valence-corrected chi connectivity index (χ1v) is 7.28. The van der Waals surface area contributed by atoms with Gasteiger partial charge in [-0.25, -0.2) is 0 Å². The normalized spacial score (nSPS) is 15.4. The van der Waals surface area contributed by atoms with Crippen molar-refractivity contribution >= 4 is 5.84 Å². The molecule has 1 aliphatic rings. The topological polar surface area (TPSA) is 59.1 Å². The zero-order valence-electron chi connectivity index (χ0n) is 12.0. The molecule has 0 spiro atoms. The Labute approximate surface area is 125 Å². The minimum absolute atomic E-state index is 0.115. The Balaban J connectivity index is 1.62. The van der Waals surface area contributed by atoms with Gasteiger partial charge in [0.2, 0.25) is 0 Å². The quantitative estimate of drug-likeness (QED) is 0.624. The molecule has 2 aromatic rings. The van der Waals surface area contributed by atoms with Gasteiger partial charge in [-0.2, -0.15) is 0 Å². The molecule has 3 N–H and O–H groups in total. The van der Waals surface area contributed by atoms with Crippen LogP contribution in [0.5, 0.6) is 5.75 Å². The zero-order valence-corrected chi connectivity index (χ0v) is 12.0. The van der Waals surface area contributed by atoms with Gasteiger partial charge in [0.25, 0.3) is 0 Å². The zero-order chi connectivity index (χ0) is 14.7. The molecule has 1 aliphatic carbocycles. The molecule has 108 valence electrons. The van der Waals surface area contributed by atoms with Crippen molar-refractivity contribution < 1.29 is 4.74 Å². The van der Waals surface area contributed by atoms with Gasteiger partial charge >= 0.3 is 0 Å². The van der Waals surface area contributed by atoms with Crippen LogP contribution in [0, 0.1) is 10.8 Å². The second kappa shape index (κ2) is 5.60. The molecule has 1 saturated carbocycles. The van der Waals surface area contributed by atoms with Gasteiger partial charge in [0.1, 0.15) is 5.75 Å². The lowest BCUT2D eigenvalue weighted by Gasteiger charge is -2.15. The maximum atomic E-state index is 7.42. The Kier molecular flexibility index (Phi) is 3.65. The molecule has 0 heterocycles. The van der Waals surface area contributed by atoms with Crippen LogP contribution in [-0.4, -0.2) is 12.4 Å². The molecule has 21 heavy (non-hydrogen) atoms. The van der Waals surface area contributed by atoms with E-state index in [0.717, 1.165) is 18.6 Å². The van der Waals surface area contributed by atoms with Crippen molar-refractivity contribution in [1.29, 1.82) is 5.41 Å². The summed E-state index contributed by atoms with van der Waals surface area (Å²) in [5.41, 5.74) is 8.01. The Morgan fingerprint density at radius 1 is 1.00 bits per heavy atom. The lowest BCUT2D eigenvalue weighted by Crippen LogP contribution is -2.21. The van der Waals surface area contributed by atoms with Crippen molar-refractivity contribution in [1.82, 2.24) is 0 Å². The number of nitrogens with one attached hydrogen (secondary N) is 1. The van der Waals surface area contributed by atoms with E-state index in [2.05, 4.69) is 24.3 Å². The molecule has 0 aromatic heterocycles. The van der Waals surface area contributed by atoms with Gasteiger partial charge in [0.05, 0.1) is 12.4 Å². The fourth-order valence-corrected chi connectivity index (χ4v) is 2.56. The molecule has 0 aliphatic heterocycles. The number of rotatable bonds is 6. The highest BCUT2D eigenvalue weighted by molar-refractivity contribution is 5.78. The molecular formula is C18H20N2O. The number of hydrogen-bond donors (Lipinski definition) is 2. The standard InChI is InChI=1S/C18H20N2O/c19-17(20)12-18(10-11-18)13-21-16-8-6-15(7-9-16)14-4-2-1-3-5-14/h1-9H,10-13H2,(H3,19,20). The van der Waals surface area contributed by atoms with E-state index in [4.69, 9.17) is 15.9 Å². The average Bonchev–Trinajstić information content (AvgIpc) is 3.26. The molecule has 0 atom stereocenters. The van der Waals surface area contributed by atoms with E-state index in [0.29, 0.717) is 13.0 Å². The summed E-state index contributed by atoms with van der Waals surface area (Å²) < 4.78 is 5.87. The van der Waals surface area contributed by atoms with Crippen molar-refractivity contribution in [2.24, 2.45) is 11.1 Å². The third-order valence-electron chi connectivity index (χ3n) is 4.03. The Hall–Kier alpha value is -2.29. The molecule has 3 nitrogen and oxygen atoms in total. The highest BCUT2D eigenvalue weighted by Crippen LogP contribution is 2.48. The van der Waals surface area contributed by atoms with Gasteiger partial charge in [0.15, 0.2) is 0 Å². The molecule has 2 aromatic carbocycles. The van der Waals surface area contributed by atoms with Crippen LogP contribution in [0.3, 0.4) is 0 Å². The van der Waals surface area contributed by atoms with Crippen LogP contribution < -0.4 is 10.5 Å². The van der Waals surface area contributed by atoms with Crippen LogP contribution in [0.4, 0.5) is 0 Å². The lowest BCUT2D eigenvalue weighted by molar-refractivity contribution is 0.238. The number of hydrogen-bond acceptors (Lipinski definition) is 2. The summed E-state index contributed by atoms with van der Waals surface area (Å²) in [4.78, 5) is 0. The van der Waals surface area contributed by atoms with E-state index < -0.39 is 0 Å². The van der Waals surface area contributed by atoms with E-state index in [-0.39, 0.29) is 11.3 Å². The molecule has 3 rings (SSSR count). The summed E-state index contributed by atoms with van der Waals surface area (Å²) in [5, 5.41) is 7.42. The SMILES string of the molecule is N=C(N)CC1(COc2ccc(-c3ccccc3)cc2)CC1. The Bertz CT molecular complexity index is 615. The first-order chi connectivity index (χ1) is 10.2. The van der Waals surface area contributed by atoms with Gasteiger partial charge < -0.3 is 10.5 Å². The summed E-state index contributed by atoms with van der Waals surface area (Å²) in [7, 11) is 0. The van der Waals surface area contributed by atoms with E-state index in [1.165, 1.54) is 11.1 Å². The maximum absolute atomic E-state index is 7.42. The van der Waals surface area contributed by atoms with Crippen molar-refractivity contribution in [2.75, 3.05) is 6.61 Å². The molecule has 3 heteroatoms. The highest BCUT2D eigenvalue weighted by atomic mass is 16.5. The second-order valence-electron chi connectivity index (χ2n) is 5.88. The number of benzene rings is 2. The first kappa shape index (κ1) is 13.7. The van der Waals surface area contributed by atoms with E-state index in [9.17, 15) is 0 Å². The van der Waals surface area contributed by atoms with Crippen LogP contribution in [0.15, 0.2) is 54.6 Å². The summed E-state index contributed by atoms with van der Waals surface area (Å²) >= 11 is 0. The van der Waals surface area contributed by atoms with Gasteiger partial charge in [-0.05, 0) is 36.1 Å². The van der Waals surface area contributed by atoms with Gasteiger partial charge in [0, 0.05) is 11.8 Å². The van der Waals surface area contributed by atoms with Gasteiger partial charge in [-0.3, -0.25) is 5.41 Å². The van der Waals surface area contributed by atoms with Crippen LogP contribution in [0.25, 0.3) is 11.1 Å². The lowest BCUT2D eigenvalue weighted by atomic mass is 10.0. The summed E-state index contributed by atoms with van der Waals surface area (Å²) in [5.74, 6) is 1.14. The van der Waals surface area contributed by atoms with Crippen LogP contribution in [-0.2, 0) is 0 Å². The highest BCUT2D eigenvalue weighted by Gasteiger charge is 2.43. The average molecular weight is 280 g/mol. The smallest absolute Gasteiger partial charge is 0.119 e. The fraction of sp³-hybridized carbons (Fsp3) is 0.278. The van der Waals surface area contributed by atoms with Crippen LogP contribution in [0.1, 0.15) is 19.3 Å². The van der Waals surface area contributed by atoms with E-state index in [1.807, 2.05) is 30.3 Å². The van der Waals surface area contributed by atoms with Crippen LogP contribution >= 0.6 is 0 Å². The van der Waals surface area contributed by atoms with Crippen molar-refractivity contribution in [3.63, 3.8) is 0 Å². The first-order valence-electron chi connectivity index (χ1n) is 7.28. The second-order valence-corrected chi connectivity index (χ2v) is 5.88. The number of nitrogens with two attached hydrogens (primary N) is 1. The van der Waals surface area contributed by atoms with Gasteiger partial charge in [-0.15, -0.1) is 0 Å². The molecule has 1 fully saturated rings. The molecule has 0 radical (unpaired) electrons. The maximum Gasteiger partial charge on any atom is 0.119 e. The summed E-state index contributed by atoms with van der Waals surface area (Å²) in [6.07, 6.45) is 2.86. The summed E-state index contributed by atoms with van der Waals surface area (Å²) in [6, 6.07) is 18.5. The molecule has 0 unspecified atom stereocenters. The fourth-order valence-electron chi connectivity index (χ4n) is 2.56. The van der Waals surface area contributed by atoms with Crippen LogP contribution in [0.2, 0.25) is 0 Å². The predicted octanol–water partition coefficient (Wildman–Crippen LogP) is 3.84. The number of ether oxygens (including phenoxy) is 1. The molecule has 0 saturated heterocycles. The molecule has 0 bridgehead atoms. The van der Waals surface area contributed by atoms with E-state index in [1.54, 1.807) is 0 Å². The van der Waals surface area contributed by atoms with Crippen molar-refractivity contribution in [3.8, 4) is 16.9 Å². The largest absolute Gasteiger partial charge is 0.493 e. The van der Waals surface area contributed by atoms with E-state index >= 15 is 0 Å². The van der Waals surface area contributed by atoms with Crippen molar-refractivity contribution in [3.05, 3.63) is 54.6 Å². The number of amidine groups is 1. The monoisotopic (exact) mass is 280 g/mol. The third-order valence-corrected chi connectivity index (χ3v) is 4.03. The minimum atomic E-state index is 0.115. The molecular weight excluding hydrogens is 260 g/mol. The van der Waals surface area contributed by atoms with Crippen molar-refractivity contribution in [2.45, 2.75) is 19.3 Å².